The molecule has 1 aliphatic carbocycles. The Hall–Kier alpha value is -1.88. The summed E-state index contributed by atoms with van der Waals surface area (Å²) in [4.78, 5) is 0. The van der Waals surface area contributed by atoms with Gasteiger partial charge in [0.25, 0.3) is 0 Å². The lowest BCUT2D eigenvalue weighted by Crippen LogP contribution is -2.16. The lowest BCUT2D eigenvalue weighted by Gasteiger charge is -2.14. The fourth-order valence-corrected chi connectivity index (χ4v) is 2.31. The number of ether oxygens (including phenoxy) is 1. The fraction of sp³-hybridized carbons (Fsp3) is 0.500. The van der Waals surface area contributed by atoms with Gasteiger partial charge in [0.05, 0.1) is 0 Å². The van der Waals surface area contributed by atoms with Crippen molar-refractivity contribution in [3.63, 3.8) is 0 Å². The van der Waals surface area contributed by atoms with Gasteiger partial charge in [0, 0.05) is 25.2 Å². The van der Waals surface area contributed by atoms with Gasteiger partial charge in [0.1, 0.15) is 18.2 Å². The first-order valence-corrected chi connectivity index (χ1v) is 7.44. The van der Waals surface area contributed by atoms with Crippen molar-refractivity contribution < 1.29 is 4.74 Å². The molecule has 5 heteroatoms. The van der Waals surface area contributed by atoms with Crippen LogP contribution >= 0.6 is 0 Å². The average Bonchev–Trinajstić information content (AvgIpc) is 3.25. The van der Waals surface area contributed by atoms with Gasteiger partial charge in [-0.25, -0.2) is 0 Å². The third-order valence-electron chi connectivity index (χ3n) is 3.98. The van der Waals surface area contributed by atoms with E-state index in [9.17, 15) is 0 Å². The van der Waals surface area contributed by atoms with Gasteiger partial charge < -0.3 is 14.6 Å². The van der Waals surface area contributed by atoms with Crippen molar-refractivity contribution >= 4 is 0 Å². The van der Waals surface area contributed by atoms with Gasteiger partial charge in [0.15, 0.2) is 5.82 Å². The zero-order valence-corrected chi connectivity index (χ0v) is 12.9. The highest BCUT2D eigenvalue weighted by Crippen LogP contribution is 2.26. The second kappa shape index (κ2) is 5.85. The van der Waals surface area contributed by atoms with Gasteiger partial charge in [0.2, 0.25) is 0 Å². The molecule has 1 N–H and O–H groups in total. The number of benzene rings is 1. The maximum atomic E-state index is 6.04. The summed E-state index contributed by atoms with van der Waals surface area (Å²) in [6.45, 7) is 5.32. The van der Waals surface area contributed by atoms with E-state index in [1.54, 1.807) is 0 Å². The molecule has 1 aromatic carbocycles. The summed E-state index contributed by atoms with van der Waals surface area (Å²) in [5, 5.41) is 11.7. The summed E-state index contributed by atoms with van der Waals surface area (Å²) < 4.78 is 8.00. The number of aryl methyl sites for hydroxylation is 2. The zero-order valence-electron chi connectivity index (χ0n) is 12.9. The third kappa shape index (κ3) is 3.24. The number of para-hydroxylation sites is 1. The van der Waals surface area contributed by atoms with E-state index in [0.29, 0.717) is 12.6 Å². The zero-order chi connectivity index (χ0) is 14.8. The van der Waals surface area contributed by atoms with Crippen LogP contribution in [-0.2, 0) is 20.2 Å². The molecule has 1 fully saturated rings. The normalized spacial score (nSPS) is 14.4. The maximum Gasteiger partial charge on any atom is 0.170 e. The van der Waals surface area contributed by atoms with Crippen LogP contribution in [-0.4, -0.2) is 20.8 Å². The number of hydrogen-bond acceptors (Lipinski definition) is 4. The van der Waals surface area contributed by atoms with Gasteiger partial charge >= 0.3 is 0 Å². The second-order valence-electron chi connectivity index (χ2n) is 5.73. The van der Waals surface area contributed by atoms with Gasteiger partial charge in [-0.15, -0.1) is 10.2 Å². The Kier molecular flexibility index (Phi) is 3.92. The molecular weight excluding hydrogens is 264 g/mol. The predicted octanol–water partition coefficient (Wildman–Crippen LogP) is 2.26. The largest absolute Gasteiger partial charge is 0.485 e. The number of rotatable bonds is 6. The summed E-state index contributed by atoms with van der Waals surface area (Å²) in [7, 11) is 1.96. The van der Waals surface area contributed by atoms with Crippen molar-refractivity contribution in [2.24, 2.45) is 7.05 Å². The highest BCUT2D eigenvalue weighted by atomic mass is 16.5. The van der Waals surface area contributed by atoms with E-state index in [1.165, 1.54) is 18.4 Å². The van der Waals surface area contributed by atoms with Crippen LogP contribution in [0.2, 0.25) is 0 Å². The Morgan fingerprint density at radius 3 is 2.76 bits per heavy atom. The molecule has 0 amide bonds. The molecule has 0 unspecified atom stereocenters. The minimum absolute atomic E-state index is 0.443. The first-order valence-electron chi connectivity index (χ1n) is 7.44. The topological polar surface area (TPSA) is 52.0 Å². The summed E-state index contributed by atoms with van der Waals surface area (Å²) in [5.74, 6) is 2.71. The molecule has 0 saturated heterocycles. The van der Waals surface area contributed by atoms with E-state index in [4.69, 9.17) is 4.74 Å². The Bertz CT molecular complexity index is 631. The van der Waals surface area contributed by atoms with Crippen molar-refractivity contribution in [2.75, 3.05) is 0 Å². The molecule has 1 heterocycles. The molecule has 0 radical (unpaired) electrons. The predicted molar refractivity (Wildman–Crippen MR) is 81.1 cm³/mol. The molecular formula is C16H22N4O. The highest BCUT2D eigenvalue weighted by Gasteiger charge is 2.21. The summed E-state index contributed by atoms with van der Waals surface area (Å²) in [5.41, 5.74) is 2.37. The fourth-order valence-electron chi connectivity index (χ4n) is 2.31. The van der Waals surface area contributed by atoms with E-state index in [1.807, 2.05) is 18.5 Å². The Labute approximate surface area is 125 Å². The van der Waals surface area contributed by atoms with Crippen molar-refractivity contribution in [3.8, 4) is 5.75 Å². The minimum Gasteiger partial charge on any atom is -0.485 e. The lowest BCUT2D eigenvalue weighted by atomic mass is 10.1. The quantitative estimate of drug-likeness (QED) is 0.885. The van der Waals surface area contributed by atoms with E-state index in [-0.39, 0.29) is 0 Å². The van der Waals surface area contributed by atoms with Gasteiger partial charge in [-0.3, -0.25) is 0 Å². The Morgan fingerprint density at radius 1 is 1.29 bits per heavy atom. The van der Waals surface area contributed by atoms with E-state index in [2.05, 4.69) is 40.6 Å². The molecule has 2 aromatic rings. The van der Waals surface area contributed by atoms with Crippen LogP contribution in [0, 0.1) is 13.8 Å². The van der Waals surface area contributed by atoms with E-state index in [0.717, 1.165) is 29.5 Å². The molecule has 1 aromatic heterocycles. The smallest absolute Gasteiger partial charge is 0.170 e. The molecule has 3 rings (SSSR count). The van der Waals surface area contributed by atoms with Crippen LogP contribution in [0.3, 0.4) is 0 Å². The first kappa shape index (κ1) is 14.1. The summed E-state index contributed by atoms with van der Waals surface area (Å²) in [6.07, 6.45) is 2.58. The molecule has 21 heavy (non-hydrogen) atoms. The van der Waals surface area contributed by atoms with Gasteiger partial charge in [-0.2, -0.15) is 0 Å². The average molecular weight is 286 g/mol. The van der Waals surface area contributed by atoms with Crippen LogP contribution in [0.5, 0.6) is 5.75 Å². The summed E-state index contributed by atoms with van der Waals surface area (Å²) in [6, 6.07) is 6.98. The van der Waals surface area contributed by atoms with Crippen LogP contribution in [0.15, 0.2) is 18.2 Å². The molecule has 0 atom stereocenters. The first-order chi connectivity index (χ1) is 10.1. The maximum absolute atomic E-state index is 6.04. The number of aromatic nitrogens is 3. The lowest BCUT2D eigenvalue weighted by molar-refractivity contribution is 0.285. The van der Waals surface area contributed by atoms with Gasteiger partial charge in [-0.1, -0.05) is 18.2 Å². The van der Waals surface area contributed by atoms with E-state index < -0.39 is 0 Å². The van der Waals surface area contributed by atoms with E-state index >= 15 is 0 Å². The van der Waals surface area contributed by atoms with Crippen molar-refractivity contribution in [1.29, 1.82) is 0 Å². The minimum atomic E-state index is 0.443. The highest BCUT2D eigenvalue weighted by molar-refractivity contribution is 5.40. The SMILES string of the molecule is Cc1cccc(CNC2CC2)c1OCc1nnc(C)n1C. The monoisotopic (exact) mass is 286 g/mol. The van der Waals surface area contributed by atoms with Crippen LogP contribution in [0.1, 0.15) is 35.6 Å². The Balaban J connectivity index is 1.72. The van der Waals surface area contributed by atoms with Gasteiger partial charge in [-0.05, 0) is 32.3 Å². The second-order valence-corrected chi connectivity index (χ2v) is 5.73. The molecule has 1 saturated carbocycles. The number of nitrogens with zero attached hydrogens (tertiary/aromatic N) is 3. The molecule has 1 aliphatic rings. The summed E-state index contributed by atoms with van der Waals surface area (Å²) >= 11 is 0. The molecule has 0 aliphatic heterocycles. The molecule has 0 spiro atoms. The number of nitrogens with one attached hydrogen (secondary N) is 1. The van der Waals surface area contributed by atoms with Crippen LogP contribution < -0.4 is 10.1 Å². The van der Waals surface area contributed by atoms with Crippen LogP contribution in [0.25, 0.3) is 0 Å². The van der Waals surface area contributed by atoms with Crippen molar-refractivity contribution in [1.82, 2.24) is 20.1 Å². The Morgan fingerprint density at radius 2 is 2.10 bits per heavy atom. The van der Waals surface area contributed by atoms with Crippen LogP contribution in [0.4, 0.5) is 0 Å². The van der Waals surface area contributed by atoms with Crippen molar-refractivity contribution in [3.05, 3.63) is 41.0 Å². The van der Waals surface area contributed by atoms with Crippen molar-refractivity contribution in [2.45, 2.75) is 45.9 Å². The molecule has 5 nitrogen and oxygen atoms in total. The molecule has 112 valence electrons. The number of hydrogen-bond donors (Lipinski definition) is 1. The molecule has 0 bridgehead atoms. The third-order valence-corrected chi connectivity index (χ3v) is 3.98. The standard InChI is InChI=1S/C16H22N4O/c1-11-5-4-6-13(9-17-14-7-8-14)16(11)21-10-15-19-18-12(2)20(15)3/h4-6,14,17H,7-10H2,1-3H3.